The molecule has 2 aromatic carbocycles. The van der Waals surface area contributed by atoms with E-state index in [1.54, 1.807) is 16.2 Å². The predicted octanol–water partition coefficient (Wildman–Crippen LogP) is 4.21. The van der Waals surface area contributed by atoms with Crippen LogP contribution in [0.3, 0.4) is 0 Å². The van der Waals surface area contributed by atoms with Gasteiger partial charge >= 0.3 is 0 Å². The first kappa shape index (κ1) is 20.1. The van der Waals surface area contributed by atoms with Gasteiger partial charge in [0.1, 0.15) is 12.3 Å². The summed E-state index contributed by atoms with van der Waals surface area (Å²) in [7, 11) is 0. The Bertz CT molecular complexity index is 1110. The van der Waals surface area contributed by atoms with Crippen molar-refractivity contribution < 1.29 is 14.3 Å². The van der Waals surface area contributed by atoms with E-state index < -0.39 is 0 Å². The number of rotatable bonds is 5. The Kier molecular flexibility index (Phi) is 5.55. The second-order valence-electron chi connectivity index (χ2n) is 7.18. The van der Waals surface area contributed by atoms with Crippen LogP contribution >= 0.6 is 11.3 Å². The van der Waals surface area contributed by atoms with Crippen molar-refractivity contribution in [2.45, 2.75) is 20.8 Å². The molecule has 0 radical (unpaired) electrons. The molecule has 0 fully saturated rings. The van der Waals surface area contributed by atoms with Gasteiger partial charge in [-0.2, -0.15) is 0 Å². The van der Waals surface area contributed by atoms with Gasteiger partial charge in [0.25, 0.3) is 5.91 Å². The fraction of sp³-hybridized carbons (Fsp3) is 0.261. The molecule has 0 saturated carbocycles. The molecule has 2 amide bonds. The van der Waals surface area contributed by atoms with Crippen LogP contribution in [0.1, 0.15) is 17.5 Å². The van der Waals surface area contributed by atoms with Crippen LogP contribution in [0.5, 0.6) is 5.75 Å². The number of anilines is 2. The van der Waals surface area contributed by atoms with Gasteiger partial charge in [0.15, 0.2) is 6.61 Å². The van der Waals surface area contributed by atoms with Gasteiger partial charge in [0.05, 0.1) is 16.4 Å². The number of hydrogen-bond acceptors (Lipinski definition) is 5. The minimum absolute atomic E-state index is 0.0451. The van der Waals surface area contributed by atoms with Gasteiger partial charge in [-0.05, 0) is 56.7 Å². The van der Waals surface area contributed by atoms with Crippen molar-refractivity contribution in [1.29, 1.82) is 0 Å². The standard InChI is InChI=1S/C23H23N3O3S/c1-4-25(18-7-5-6-15(2)10-18)22(27)12-26-20-11-17(19-14-30-16(3)24-19)8-9-21(20)29-13-23(26)28/h5-11,14H,4,12-13H2,1-3H3. The summed E-state index contributed by atoms with van der Waals surface area (Å²) in [6.45, 7) is 6.27. The van der Waals surface area contributed by atoms with Crippen LogP contribution in [-0.4, -0.2) is 36.5 Å². The van der Waals surface area contributed by atoms with E-state index >= 15 is 0 Å². The van der Waals surface area contributed by atoms with Gasteiger partial charge in [-0.15, -0.1) is 11.3 Å². The average Bonchev–Trinajstić information content (AvgIpc) is 3.17. The number of carbonyl (C=O) groups excluding carboxylic acids is 2. The first-order valence-corrected chi connectivity index (χ1v) is 10.7. The zero-order valence-corrected chi connectivity index (χ0v) is 18.0. The number of hydrogen-bond donors (Lipinski definition) is 0. The number of likely N-dealkylation sites (N-methyl/N-ethyl adjacent to an activating group) is 1. The number of aryl methyl sites for hydroxylation is 2. The van der Waals surface area contributed by atoms with Crippen molar-refractivity contribution in [3.05, 3.63) is 58.4 Å². The number of carbonyl (C=O) groups is 2. The number of fused-ring (bicyclic) bond motifs is 1. The van der Waals surface area contributed by atoms with E-state index in [4.69, 9.17) is 4.74 Å². The van der Waals surface area contributed by atoms with Crippen molar-refractivity contribution >= 4 is 34.5 Å². The summed E-state index contributed by atoms with van der Waals surface area (Å²) in [5.74, 6) is 0.221. The Labute approximate surface area is 179 Å². The van der Waals surface area contributed by atoms with Crippen LogP contribution in [0.4, 0.5) is 11.4 Å². The van der Waals surface area contributed by atoms with Gasteiger partial charge in [0, 0.05) is 23.2 Å². The highest BCUT2D eigenvalue weighted by Crippen LogP contribution is 2.36. The van der Waals surface area contributed by atoms with Gasteiger partial charge < -0.3 is 9.64 Å². The van der Waals surface area contributed by atoms with E-state index in [9.17, 15) is 9.59 Å². The van der Waals surface area contributed by atoms with Crippen molar-refractivity contribution in [3.8, 4) is 17.0 Å². The number of aromatic nitrogens is 1. The predicted molar refractivity (Wildman–Crippen MR) is 119 cm³/mol. The number of nitrogens with zero attached hydrogens (tertiary/aromatic N) is 3. The molecule has 0 bridgehead atoms. The molecule has 4 rings (SSSR count). The Morgan fingerprint density at radius 2 is 2.07 bits per heavy atom. The summed E-state index contributed by atoms with van der Waals surface area (Å²) in [6, 6.07) is 13.4. The largest absolute Gasteiger partial charge is 0.482 e. The van der Waals surface area contributed by atoms with Crippen LogP contribution in [0.15, 0.2) is 47.8 Å². The Balaban J connectivity index is 1.64. The Hall–Kier alpha value is -3.19. The minimum atomic E-state index is -0.234. The summed E-state index contributed by atoms with van der Waals surface area (Å²) in [6.07, 6.45) is 0. The maximum absolute atomic E-state index is 13.1. The van der Waals surface area contributed by atoms with Crippen LogP contribution in [0.25, 0.3) is 11.3 Å². The zero-order chi connectivity index (χ0) is 21.3. The van der Waals surface area contributed by atoms with Crippen LogP contribution in [0, 0.1) is 13.8 Å². The van der Waals surface area contributed by atoms with Crippen LogP contribution in [0.2, 0.25) is 0 Å². The minimum Gasteiger partial charge on any atom is -0.482 e. The number of thiazole rings is 1. The van der Waals surface area contributed by atoms with E-state index in [2.05, 4.69) is 4.98 Å². The molecule has 30 heavy (non-hydrogen) atoms. The second-order valence-corrected chi connectivity index (χ2v) is 8.24. The number of amides is 2. The molecule has 3 aromatic rings. The molecule has 7 heteroatoms. The first-order valence-electron chi connectivity index (χ1n) is 9.83. The Morgan fingerprint density at radius 3 is 2.77 bits per heavy atom. The zero-order valence-electron chi connectivity index (χ0n) is 17.2. The van der Waals surface area contributed by atoms with Gasteiger partial charge in [-0.3, -0.25) is 14.5 Å². The fourth-order valence-electron chi connectivity index (χ4n) is 3.55. The third-order valence-corrected chi connectivity index (χ3v) is 5.81. The van der Waals surface area contributed by atoms with Gasteiger partial charge in [-0.25, -0.2) is 4.98 Å². The molecule has 6 nitrogen and oxygen atoms in total. The monoisotopic (exact) mass is 421 g/mol. The molecule has 1 aromatic heterocycles. The van der Waals surface area contributed by atoms with Crippen molar-refractivity contribution in [1.82, 2.24) is 4.98 Å². The maximum Gasteiger partial charge on any atom is 0.265 e. The molecule has 0 spiro atoms. The SMILES string of the molecule is CCN(C(=O)CN1C(=O)COc2ccc(-c3csc(C)n3)cc21)c1cccc(C)c1. The summed E-state index contributed by atoms with van der Waals surface area (Å²) in [4.78, 5) is 33.5. The molecule has 2 heterocycles. The molecular weight excluding hydrogens is 398 g/mol. The van der Waals surface area contributed by atoms with Crippen LogP contribution < -0.4 is 14.5 Å². The molecule has 0 atom stereocenters. The quantitative estimate of drug-likeness (QED) is 0.619. The van der Waals surface area contributed by atoms with E-state index in [-0.39, 0.29) is 25.0 Å². The normalized spacial score (nSPS) is 13.0. The summed E-state index contributed by atoms with van der Waals surface area (Å²) in [5, 5.41) is 2.95. The number of benzene rings is 2. The smallest absolute Gasteiger partial charge is 0.265 e. The lowest BCUT2D eigenvalue weighted by Gasteiger charge is -2.31. The van der Waals surface area contributed by atoms with E-state index in [0.29, 0.717) is 18.0 Å². The van der Waals surface area contributed by atoms with Crippen LogP contribution in [-0.2, 0) is 9.59 Å². The van der Waals surface area contributed by atoms with E-state index in [1.165, 1.54) is 4.90 Å². The van der Waals surface area contributed by atoms with Gasteiger partial charge in [0.2, 0.25) is 5.91 Å². The lowest BCUT2D eigenvalue weighted by atomic mass is 10.1. The molecule has 0 saturated heterocycles. The maximum atomic E-state index is 13.1. The molecular formula is C23H23N3O3S. The molecule has 0 unspecified atom stereocenters. The highest BCUT2D eigenvalue weighted by Gasteiger charge is 2.29. The lowest BCUT2D eigenvalue weighted by molar-refractivity contribution is -0.124. The topological polar surface area (TPSA) is 62.7 Å². The van der Waals surface area contributed by atoms with Crippen molar-refractivity contribution in [2.24, 2.45) is 0 Å². The third-order valence-electron chi connectivity index (χ3n) is 5.04. The molecule has 0 aliphatic carbocycles. The van der Waals surface area contributed by atoms with Crippen molar-refractivity contribution in [2.75, 3.05) is 29.5 Å². The molecule has 0 N–H and O–H groups in total. The summed E-state index contributed by atoms with van der Waals surface area (Å²) in [5.41, 5.74) is 4.24. The summed E-state index contributed by atoms with van der Waals surface area (Å²) >= 11 is 1.57. The second kappa shape index (κ2) is 8.28. The van der Waals surface area contributed by atoms with E-state index in [0.717, 1.165) is 27.5 Å². The first-order chi connectivity index (χ1) is 14.5. The lowest BCUT2D eigenvalue weighted by Crippen LogP contribution is -2.46. The molecule has 1 aliphatic heterocycles. The number of ether oxygens (including phenoxy) is 1. The highest BCUT2D eigenvalue weighted by atomic mass is 32.1. The Morgan fingerprint density at radius 1 is 1.23 bits per heavy atom. The summed E-state index contributed by atoms with van der Waals surface area (Å²) < 4.78 is 5.60. The average molecular weight is 422 g/mol. The third kappa shape index (κ3) is 3.93. The molecule has 1 aliphatic rings. The van der Waals surface area contributed by atoms with E-state index in [1.807, 2.05) is 68.6 Å². The fourth-order valence-corrected chi connectivity index (χ4v) is 4.17. The highest BCUT2D eigenvalue weighted by molar-refractivity contribution is 7.09. The van der Waals surface area contributed by atoms with Gasteiger partial charge in [-0.1, -0.05) is 12.1 Å². The molecule has 154 valence electrons. The van der Waals surface area contributed by atoms with Crippen molar-refractivity contribution in [3.63, 3.8) is 0 Å².